The van der Waals surface area contributed by atoms with E-state index in [0.29, 0.717) is 16.9 Å². The van der Waals surface area contributed by atoms with Crippen molar-refractivity contribution in [1.29, 1.82) is 0 Å². The molecule has 1 heterocycles. The van der Waals surface area contributed by atoms with Crippen molar-refractivity contribution >= 4 is 17.3 Å². The Morgan fingerprint density at radius 1 is 0.920 bits per heavy atom. The molecule has 122 valence electrons. The van der Waals surface area contributed by atoms with E-state index in [1.165, 1.54) is 0 Å². The summed E-state index contributed by atoms with van der Waals surface area (Å²) in [7, 11) is 1.84. The summed E-state index contributed by atoms with van der Waals surface area (Å²) >= 11 is 0. The van der Waals surface area contributed by atoms with Gasteiger partial charge < -0.3 is 10.6 Å². The maximum Gasteiger partial charge on any atom is 0.255 e. The third-order valence-electron chi connectivity index (χ3n) is 3.56. The molecular formula is C21H17N3O. The van der Waals surface area contributed by atoms with E-state index in [4.69, 9.17) is 0 Å². The molecular weight excluding hydrogens is 310 g/mol. The molecule has 0 bridgehead atoms. The van der Waals surface area contributed by atoms with Gasteiger partial charge in [-0.05, 0) is 60.5 Å². The molecule has 1 amide bonds. The van der Waals surface area contributed by atoms with Gasteiger partial charge in [-0.25, -0.2) is 4.98 Å². The summed E-state index contributed by atoms with van der Waals surface area (Å²) < 4.78 is 0. The minimum atomic E-state index is -0.155. The summed E-state index contributed by atoms with van der Waals surface area (Å²) in [6, 6.07) is 20.3. The van der Waals surface area contributed by atoms with Crippen molar-refractivity contribution in [2.75, 3.05) is 17.7 Å². The van der Waals surface area contributed by atoms with Gasteiger partial charge in [-0.2, -0.15) is 0 Å². The lowest BCUT2D eigenvalue weighted by Gasteiger charge is -2.06. The molecule has 0 saturated heterocycles. The Hall–Kier alpha value is -3.58. The topological polar surface area (TPSA) is 54.0 Å². The molecule has 3 aromatic rings. The van der Waals surface area contributed by atoms with Gasteiger partial charge in [0.05, 0.1) is 0 Å². The number of carbonyl (C=O) groups excluding carboxylic acids is 1. The Balaban J connectivity index is 1.73. The fraction of sp³-hybridized carbons (Fsp3) is 0.0476. The third-order valence-corrected chi connectivity index (χ3v) is 3.56. The number of pyridine rings is 1. The fourth-order valence-corrected chi connectivity index (χ4v) is 2.24. The number of hydrogen-bond donors (Lipinski definition) is 2. The number of benzene rings is 2. The third kappa shape index (κ3) is 4.46. The highest BCUT2D eigenvalue weighted by Gasteiger charge is 2.06. The zero-order valence-electron chi connectivity index (χ0n) is 13.8. The van der Waals surface area contributed by atoms with Crippen molar-refractivity contribution in [2.24, 2.45) is 0 Å². The van der Waals surface area contributed by atoms with Gasteiger partial charge in [-0.3, -0.25) is 4.79 Å². The van der Waals surface area contributed by atoms with Crippen molar-refractivity contribution in [3.05, 3.63) is 89.7 Å². The number of amides is 1. The van der Waals surface area contributed by atoms with Crippen molar-refractivity contribution in [3.8, 4) is 11.8 Å². The van der Waals surface area contributed by atoms with Crippen LogP contribution >= 0.6 is 0 Å². The Morgan fingerprint density at radius 2 is 1.76 bits per heavy atom. The number of nitrogens with one attached hydrogen (secondary N) is 2. The molecule has 2 aromatic carbocycles. The Bertz CT molecular complexity index is 923. The van der Waals surface area contributed by atoms with E-state index in [1.54, 1.807) is 18.3 Å². The molecule has 4 heteroatoms. The van der Waals surface area contributed by atoms with Crippen molar-refractivity contribution in [2.45, 2.75) is 0 Å². The summed E-state index contributed by atoms with van der Waals surface area (Å²) in [6.45, 7) is 0. The Morgan fingerprint density at radius 3 is 2.48 bits per heavy atom. The van der Waals surface area contributed by atoms with E-state index in [2.05, 4.69) is 27.5 Å². The van der Waals surface area contributed by atoms with Gasteiger partial charge in [-0.1, -0.05) is 18.1 Å². The smallest absolute Gasteiger partial charge is 0.255 e. The Labute approximate surface area is 146 Å². The molecule has 1 aromatic heterocycles. The van der Waals surface area contributed by atoms with Crippen LogP contribution in [0, 0.1) is 11.8 Å². The Kier molecular flexibility index (Phi) is 5.08. The highest BCUT2D eigenvalue weighted by atomic mass is 16.1. The quantitative estimate of drug-likeness (QED) is 0.720. The van der Waals surface area contributed by atoms with Gasteiger partial charge in [0.1, 0.15) is 5.69 Å². The molecule has 0 radical (unpaired) electrons. The van der Waals surface area contributed by atoms with Crippen LogP contribution in [0.25, 0.3) is 0 Å². The van der Waals surface area contributed by atoms with Crippen LogP contribution in [0.5, 0.6) is 0 Å². The van der Waals surface area contributed by atoms with Gasteiger partial charge in [0.15, 0.2) is 0 Å². The van der Waals surface area contributed by atoms with E-state index >= 15 is 0 Å². The minimum Gasteiger partial charge on any atom is -0.388 e. The average Bonchev–Trinajstić information content (AvgIpc) is 2.67. The van der Waals surface area contributed by atoms with Crippen molar-refractivity contribution in [3.63, 3.8) is 0 Å². The first-order chi connectivity index (χ1) is 12.2. The van der Waals surface area contributed by atoms with Crippen LogP contribution in [0.4, 0.5) is 11.4 Å². The standard InChI is InChI=1S/C21H17N3O/c1-22-18-12-9-17(10-13-18)21(25)24-20-7-4-5-16(15-20)8-11-19-6-2-3-14-23-19/h2-7,9-10,12-15,22H,1H3,(H,24,25). The summed E-state index contributed by atoms with van der Waals surface area (Å²) in [5, 5.41) is 5.92. The first-order valence-electron chi connectivity index (χ1n) is 7.87. The highest BCUT2D eigenvalue weighted by molar-refractivity contribution is 6.04. The number of nitrogens with zero attached hydrogens (tertiary/aromatic N) is 1. The molecule has 0 fully saturated rings. The van der Waals surface area contributed by atoms with E-state index in [9.17, 15) is 4.79 Å². The SMILES string of the molecule is CNc1ccc(C(=O)Nc2cccc(C#Cc3ccccn3)c2)cc1. The second-order valence-corrected chi connectivity index (χ2v) is 5.33. The number of aromatic nitrogens is 1. The molecule has 25 heavy (non-hydrogen) atoms. The van der Waals surface area contributed by atoms with Gasteiger partial charge in [0.2, 0.25) is 0 Å². The first-order valence-corrected chi connectivity index (χ1v) is 7.87. The van der Waals surface area contributed by atoms with Crippen LogP contribution < -0.4 is 10.6 Å². The monoisotopic (exact) mass is 327 g/mol. The van der Waals surface area contributed by atoms with E-state index in [1.807, 2.05) is 61.6 Å². The molecule has 3 rings (SSSR count). The summed E-state index contributed by atoms with van der Waals surface area (Å²) in [6.07, 6.45) is 1.71. The molecule has 0 atom stereocenters. The molecule has 0 aliphatic heterocycles. The van der Waals surface area contributed by atoms with Crippen LogP contribution in [0.2, 0.25) is 0 Å². The van der Waals surface area contributed by atoms with Crippen LogP contribution in [0.3, 0.4) is 0 Å². The lowest BCUT2D eigenvalue weighted by atomic mass is 10.1. The summed E-state index contributed by atoms with van der Waals surface area (Å²) in [5.74, 6) is 5.91. The van der Waals surface area contributed by atoms with Crippen LogP contribution in [0.15, 0.2) is 72.9 Å². The van der Waals surface area contributed by atoms with Gasteiger partial charge in [0, 0.05) is 35.7 Å². The maximum absolute atomic E-state index is 12.3. The van der Waals surface area contributed by atoms with Crippen molar-refractivity contribution < 1.29 is 4.79 Å². The highest BCUT2D eigenvalue weighted by Crippen LogP contribution is 2.13. The molecule has 4 nitrogen and oxygen atoms in total. The minimum absolute atomic E-state index is 0.155. The predicted molar refractivity (Wildman–Crippen MR) is 101 cm³/mol. The molecule has 0 spiro atoms. The number of rotatable bonds is 3. The molecule has 2 N–H and O–H groups in total. The normalized spacial score (nSPS) is 9.64. The fourth-order valence-electron chi connectivity index (χ4n) is 2.24. The number of hydrogen-bond acceptors (Lipinski definition) is 3. The van der Waals surface area contributed by atoms with Crippen LogP contribution in [-0.4, -0.2) is 17.9 Å². The summed E-state index contributed by atoms with van der Waals surface area (Å²) in [5.41, 5.74) is 3.79. The molecule has 0 aliphatic carbocycles. The molecule has 0 aliphatic rings. The second kappa shape index (κ2) is 7.80. The van der Waals surface area contributed by atoms with Gasteiger partial charge >= 0.3 is 0 Å². The average molecular weight is 327 g/mol. The lowest BCUT2D eigenvalue weighted by molar-refractivity contribution is 0.102. The predicted octanol–water partition coefficient (Wildman–Crippen LogP) is 3.78. The maximum atomic E-state index is 12.3. The number of anilines is 2. The zero-order valence-corrected chi connectivity index (χ0v) is 13.8. The largest absolute Gasteiger partial charge is 0.388 e. The first kappa shape index (κ1) is 16.3. The second-order valence-electron chi connectivity index (χ2n) is 5.33. The van der Waals surface area contributed by atoms with E-state index in [-0.39, 0.29) is 5.91 Å². The van der Waals surface area contributed by atoms with E-state index < -0.39 is 0 Å². The van der Waals surface area contributed by atoms with Crippen molar-refractivity contribution in [1.82, 2.24) is 4.98 Å². The number of carbonyl (C=O) groups is 1. The van der Waals surface area contributed by atoms with Crippen LogP contribution in [0.1, 0.15) is 21.6 Å². The summed E-state index contributed by atoms with van der Waals surface area (Å²) in [4.78, 5) is 16.5. The van der Waals surface area contributed by atoms with Gasteiger partial charge in [0.25, 0.3) is 5.91 Å². The van der Waals surface area contributed by atoms with Crippen LogP contribution in [-0.2, 0) is 0 Å². The lowest BCUT2D eigenvalue weighted by Crippen LogP contribution is -2.11. The molecule has 0 saturated carbocycles. The zero-order chi connectivity index (χ0) is 17.5. The van der Waals surface area contributed by atoms with E-state index in [0.717, 1.165) is 11.3 Å². The molecule has 0 unspecified atom stereocenters. The van der Waals surface area contributed by atoms with Gasteiger partial charge in [-0.15, -0.1) is 0 Å².